The molecule has 0 aromatic rings. The molecule has 0 aromatic heterocycles. The summed E-state index contributed by atoms with van der Waals surface area (Å²) in [6.45, 7) is 7.31. The van der Waals surface area contributed by atoms with Gasteiger partial charge in [-0.15, -0.1) is 12.4 Å². The van der Waals surface area contributed by atoms with Crippen LogP contribution in [0.1, 0.15) is 13.8 Å². The van der Waals surface area contributed by atoms with Crippen molar-refractivity contribution in [2.45, 2.75) is 20.0 Å². The molecule has 0 saturated carbocycles. The van der Waals surface area contributed by atoms with Crippen molar-refractivity contribution in [2.75, 3.05) is 19.6 Å². The highest BCUT2D eigenvalue weighted by atomic mass is 35.5. The van der Waals surface area contributed by atoms with E-state index in [4.69, 9.17) is 5.11 Å². The van der Waals surface area contributed by atoms with E-state index >= 15 is 0 Å². The van der Waals surface area contributed by atoms with Crippen molar-refractivity contribution >= 4 is 12.4 Å². The number of hydrogen-bond acceptors (Lipinski definition) is 2. The molecule has 1 saturated heterocycles. The fourth-order valence-corrected chi connectivity index (χ4v) is 1.21. The van der Waals surface area contributed by atoms with Crippen LogP contribution in [0.25, 0.3) is 0 Å². The van der Waals surface area contributed by atoms with Crippen LogP contribution < -0.4 is 0 Å². The monoisotopic (exact) mass is 165 g/mol. The molecule has 0 radical (unpaired) electrons. The first-order valence-electron chi connectivity index (χ1n) is 3.59. The smallest absolute Gasteiger partial charge is 0.0793 e. The maximum Gasteiger partial charge on any atom is 0.0793 e. The van der Waals surface area contributed by atoms with Crippen LogP contribution in [0.2, 0.25) is 0 Å². The lowest BCUT2D eigenvalue weighted by atomic mass is 10.1. The van der Waals surface area contributed by atoms with Crippen molar-refractivity contribution in [3.8, 4) is 0 Å². The van der Waals surface area contributed by atoms with Crippen LogP contribution in [0, 0.1) is 5.92 Å². The van der Waals surface area contributed by atoms with Crippen molar-refractivity contribution in [1.29, 1.82) is 0 Å². The molecular formula is C7H16ClNO. The Labute approximate surface area is 68.6 Å². The predicted octanol–water partition coefficient (Wildman–Crippen LogP) is 0.741. The van der Waals surface area contributed by atoms with E-state index in [2.05, 4.69) is 18.7 Å². The quantitative estimate of drug-likeness (QED) is 0.653. The molecule has 0 atom stereocenters. The van der Waals surface area contributed by atoms with Crippen LogP contribution in [0.15, 0.2) is 0 Å². The lowest BCUT2D eigenvalue weighted by Crippen LogP contribution is -2.51. The summed E-state index contributed by atoms with van der Waals surface area (Å²) in [5.74, 6) is 0.734. The summed E-state index contributed by atoms with van der Waals surface area (Å²) in [4.78, 5) is 2.27. The minimum Gasteiger partial charge on any atom is -0.390 e. The van der Waals surface area contributed by atoms with E-state index in [-0.39, 0.29) is 18.5 Å². The number of aliphatic hydroxyl groups excluding tert-OH is 1. The third-order valence-corrected chi connectivity index (χ3v) is 1.56. The predicted molar refractivity (Wildman–Crippen MR) is 44.5 cm³/mol. The van der Waals surface area contributed by atoms with Crippen molar-refractivity contribution in [3.63, 3.8) is 0 Å². The number of hydrogen-bond donors (Lipinski definition) is 1. The SMILES string of the molecule is CC(C)CN1CC(O)C1.Cl. The molecule has 10 heavy (non-hydrogen) atoms. The number of aliphatic hydroxyl groups is 1. The molecule has 0 aromatic carbocycles. The highest BCUT2D eigenvalue weighted by molar-refractivity contribution is 5.85. The van der Waals surface area contributed by atoms with Crippen molar-refractivity contribution in [3.05, 3.63) is 0 Å². The maximum atomic E-state index is 8.89. The van der Waals surface area contributed by atoms with Gasteiger partial charge >= 0.3 is 0 Å². The summed E-state index contributed by atoms with van der Waals surface area (Å²) in [7, 11) is 0. The average molecular weight is 166 g/mol. The van der Waals surface area contributed by atoms with Crippen molar-refractivity contribution in [2.24, 2.45) is 5.92 Å². The number of rotatable bonds is 2. The van der Waals surface area contributed by atoms with Gasteiger partial charge in [-0.25, -0.2) is 0 Å². The molecule has 62 valence electrons. The molecular weight excluding hydrogens is 150 g/mol. The lowest BCUT2D eigenvalue weighted by molar-refractivity contribution is -0.00389. The highest BCUT2D eigenvalue weighted by Gasteiger charge is 2.23. The molecule has 2 nitrogen and oxygen atoms in total. The summed E-state index contributed by atoms with van der Waals surface area (Å²) >= 11 is 0. The molecule has 1 aliphatic rings. The summed E-state index contributed by atoms with van der Waals surface area (Å²) in [5, 5.41) is 8.89. The number of nitrogens with zero attached hydrogens (tertiary/aromatic N) is 1. The number of β-amino-alcohol motifs (C(OH)–C–C–N with tert-alkyl or cyclic N) is 1. The third kappa shape index (κ3) is 2.86. The summed E-state index contributed by atoms with van der Waals surface area (Å²) in [6.07, 6.45) is -0.0382. The zero-order chi connectivity index (χ0) is 6.85. The van der Waals surface area contributed by atoms with Gasteiger partial charge in [0.2, 0.25) is 0 Å². The minimum absolute atomic E-state index is 0. The van der Waals surface area contributed by atoms with Crippen LogP contribution in [-0.4, -0.2) is 35.7 Å². The van der Waals surface area contributed by atoms with Gasteiger partial charge in [-0.1, -0.05) is 13.8 Å². The molecule has 1 N–H and O–H groups in total. The minimum atomic E-state index is -0.0382. The molecule has 0 spiro atoms. The van der Waals surface area contributed by atoms with E-state index in [1.807, 2.05) is 0 Å². The third-order valence-electron chi connectivity index (χ3n) is 1.56. The normalized spacial score (nSPS) is 20.4. The van der Waals surface area contributed by atoms with E-state index in [0.29, 0.717) is 0 Å². The molecule has 1 aliphatic heterocycles. The topological polar surface area (TPSA) is 23.5 Å². The zero-order valence-electron chi connectivity index (χ0n) is 6.58. The second-order valence-electron chi connectivity index (χ2n) is 3.27. The largest absolute Gasteiger partial charge is 0.390 e. The van der Waals surface area contributed by atoms with E-state index in [1.165, 1.54) is 0 Å². The Morgan fingerprint density at radius 3 is 2.30 bits per heavy atom. The first-order chi connectivity index (χ1) is 4.18. The fourth-order valence-electron chi connectivity index (χ4n) is 1.21. The van der Waals surface area contributed by atoms with Gasteiger partial charge in [-0.2, -0.15) is 0 Å². The Morgan fingerprint density at radius 1 is 1.50 bits per heavy atom. The average Bonchev–Trinajstić information content (AvgIpc) is 1.60. The Morgan fingerprint density at radius 2 is 2.00 bits per heavy atom. The first-order valence-corrected chi connectivity index (χ1v) is 3.59. The maximum absolute atomic E-state index is 8.89. The molecule has 0 bridgehead atoms. The van der Waals surface area contributed by atoms with Gasteiger partial charge in [0.05, 0.1) is 6.10 Å². The van der Waals surface area contributed by atoms with Crippen molar-refractivity contribution < 1.29 is 5.11 Å². The Balaban J connectivity index is 0.000000810. The lowest BCUT2D eigenvalue weighted by Gasteiger charge is -2.36. The number of likely N-dealkylation sites (tertiary alicyclic amines) is 1. The molecule has 0 aliphatic carbocycles. The molecule has 1 fully saturated rings. The van der Waals surface area contributed by atoms with Crippen molar-refractivity contribution in [1.82, 2.24) is 4.90 Å². The summed E-state index contributed by atoms with van der Waals surface area (Å²) < 4.78 is 0. The van der Waals surface area contributed by atoms with Gasteiger partial charge in [0.1, 0.15) is 0 Å². The van der Waals surface area contributed by atoms with Crippen LogP contribution in [0.3, 0.4) is 0 Å². The zero-order valence-corrected chi connectivity index (χ0v) is 7.40. The van der Waals surface area contributed by atoms with Crippen LogP contribution in [-0.2, 0) is 0 Å². The van der Waals surface area contributed by atoms with E-state index in [1.54, 1.807) is 0 Å². The van der Waals surface area contributed by atoms with Gasteiger partial charge < -0.3 is 5.11 Å². The molecule has 1 rings (SSSR count). The van der Waals surface area contributed by atoms with E-state index < -0.39 is 0 Å². The van der Waals surface area contributed by atoms with Crippen LogP contribution in [0.5, 0.6) is 0 Å². The molecule has 3 heteroatoms. The Kier molecular flexibility index (Phi) is 4.25. The first kappa shape index (κ1) is 10.2. The number of halogens is 1. The fraction of sp³-hybridized carbons (Fsp3) is 1.00. The standard InChI is InChI=1S/C7H15NO.ClH/c1-6(2)3-8-4-7(9)5-8;/h6-7,9H,3-5H2,1-2H3;1H. The van der Waals surface area contributed by atoms with Gasteiger partial charge in [0.25, 0.3) is 0 Å². The summed E-state index contributed by atoms with van der Waals surface area (Å²) in [5.41, 5.74) is 0. The summed E-state index contributed by atoms with van der Waals surface area (Å²) in [6, 6.07) is 0. The molecule has 0 amide bonds. The van der Waals surface area contributed by atoms with E-state index in [9.17, 15) is 0 Å². The Bertz CT molecular complexity index is 91.6. The van der Waals surface area contributed by atoms with Gasteiger partial charge in [0, 0.05) is 19.6 Å². The molecule has 1 heterocycles. The Hall–Kier alpha value is 0.210. The van der Waals surface area contributed by atoms with Crippen LogP contribution >= 0.6 is 12.4 Å². The van der Waals surface area contributed by atoms with Gasteiger partial charge in [-0.3, -0.25) is 4.90 Å². The van der Waals surface area contributed by atoms with Gasteiger partial charge in [-0.05, 0) is 5.92 Å². The molecule has 0 unspecified atom stereocenters. The highest BCUT2D eigenvalue weighted by Crippen LogP contribution is 2.09. The van der Waals surface area contributed by atoms with Gasteiger partial charge in [0.15, 0.2) is 0 Å². The second kappa shape index (κ2) is 4.16. The second-order valence-corrected chi connectivity index (χ2v) is 3.27. The van der Waals surface area contributed by atoms with Crippen LogP contribution in [0.4, 0.5) is 0 Å². The van der Waals surface area contributed by atoms with E-state index in [0.717, 1.165) is 25.6 Å².